The van der Waals surface area contributed by atoms with Crippen molar-refractivity contribution in [1.82, 2.24) is 0 Å². The molecule has 2 aliphatic rings. The minimum absolute atomic E-state index is 0.0647. The maximum Gasteiger partial charge on any atom is 0.206 e. The standard InChI is InChI=1S/C20H26O3S/c1-5-16-12-14-11-15(20(2,3)4)13-18(19(14)23-16)24(21,22)17-9-7-6-8-10-17/h5-10,14-16H,1,11-13H2,2-4H3/t14-,15+,16+/m1/s1. The van der Waals surface area contributed by atoms with Gasteiger partial charge in [-0.2, -0.15) is 0 Å². The van der Waals surface area contributed by atoms with Crippen molar-refractivity contribution in [3.05, 3.63) is 53.7 Å². The average Bonchev–Trinajstić information content (AvgIpc) is 2.97. The van der Waals surface area contributed by atoms with Crippen LogP contribution in [0.5, 0.6) is 0 Å². The van der Waals surface area contributed by atoms with E-state index in [1.165, 1.54) is 0 Å². The molecular weight excluding hydrogens is 320 g/mol. The number of hydrogen-bond donors (Lipinski definition) is 0. The summed E-state index contributed by atoms with van der Waals surface area (Å²) in [5.74, 6) is 1.19. The Labute approximate surface area is 145 Å². The maximum absolute atomic E-state index is 13.2. The summed E-state index contributed by atoms with van der Waals surface area (Å²) in [5, 5.41) is 0. The fraction of sp³-hybridized carbons (Fsp3) is 0.500. The highest BCUT2D eigenvalue weighted by Gasteiger charge is 2.44. The molecule has 0 bridgehead atoms. The van der Waals surface area contributed by atoms with Gasteiger partial charge in [-0.1, -0.05) is 51.6 Å². The number of sulfone groups is 1. The molecule has 1 saturated heterocycles. The smallest absolute Gasteiger partial charge is 0.206 e. The van der Waals surface area contributed by atoms with Crippen molar-refractivity contribution >= 4 is 9.84 Å². The molecule has 4 heteroatoms. The van der Waals surface area contributed by atoms with Crippen LogP contribution in [0.1, 0.15) is 40.0 Å². The van der Waals surface area contributed by atoms with Crippen LogP contribution in [-0.2, 0) is 14.6 Å². The molecule has 24 heavy (non-hydrogen) atoms. The molecule has 1 heterocycles. The van der Waals surface area contributed by atoms with Crippen LogP contribution in [0.15, 0.2) is 58.5 Å². The quantitative estimate of drug-likeness (QED) is 0.744. The van der Waals surface area contributed by atoms with Gasteiger partial charge in [-0.3, -0.25) is 0 Å². The summed E-state index contributed by atoms with van der Waals surface area (Å²) in [6, 6.07) is 8.69. The van der Waals surface area contributed by atoms with Crippen LogP contribution in [0.25, 0.3) is 0 Å². The molecule has 3 rings (SSSR count). The van der Waals surface area contributed by atoms with E-state index in [0.717, 1.165) is 12.8 Å². The number of fused-ring (bicyclic) bond motifs is 1. The van der Waals surface area contributed by atoms with Crippen LogP contribution < -0.4 is 0 Å². The minimum Gasteiger partial charge on any atom is -0.489 e. The molecule has 0 amide bonds. The van der Waals surface area contributed by atoms with Gasteiger partial charge in [-0.05, 0) is 42.7 Å². The first-order valence-electron chi connectivity index (χ1n) is 8.56. The molecule has 0 aromatic heterocycles. The zero-order chi connectivity index (χ0) is 17.5. The lowest BCUT2D eigenvalue weighted by molar-refractivity contribution is 0.167. The Morgan fingerprint density at radius 2 is 1.83 bits per heavy atom. The first-order chi connectivity index (χ1) is 11.2. The average molecular weight is 346 g/mol. The van der Waals surface area contributed by atoms with Crippen LogP contribution >= 0.6 is 0 Å². The molecule has 1 aliphatic heterocycles. The van der Waals surface area contributed by atoms with Gasteiger partial charge in [0.05, 0.1) is 9.80 Å². The van der Waals surface area contributed by atoms with Gasteiger partial charge >= 0.3 is 0 Å². The summed E-state index contributed by atoms with van der Waals surface area (Å²) in [4.78, 5) is 0.834. The van der Waals surface area contributed by atoms with Gasteiger partial charge in [-0.15, -0.1) is 0 Å². The SMILES string of the molecule is C=C[C@H]1C[C@H]2C[C@H](C(C)(C)C)CC(S(=O)(=O)c3ccccc3)=C2O1. The van der Waals surface area contributed by atoms with E-state index in [-0.39, 0.29) is 17.4 Å². The normalized spacial score (nSPS) is 27.5. The van der Waals surface area contributed by atoms with Crippen molar-refractivity contribution in [1.29, 1.82) is 0 Å². The van der Waals surface area contributed by atoms with E-state index in [1.54, 1.807) is 30.3 Å². The third-order valence-electron chi connectivity index (χ3n) is 5.31. The van der Waals surface area contributed by atoms with E-state index in [0.29, 0.717) is 27.9 Å². The molecule has 0 radical (unpaired) electrons. The molecular formula is C20H26O3S. The predicted octanol–water partition coefficient (Wildman–Crippen LogP) is 4.72. The number of benzene rings is 1. The Kier molecular flexibility index (Phi) is 4.37. The van der Waals surface area contributed by atoms with E-state index in [9.17, 15) is 8.42 Å². The molecule has 1 aromatic rings. The van der Waals surface area contributed by atoms with Gasteiger partial charge in [0.15, 0.2) is 0 Å². The lowest BCUT2D eigenvalue weighted by Crippen LogP contribution is -2.29. The van der Waals surface area contributed by atoms with Crippen molar-refractivity contribution in [2.24, 2.45) is 17.3 Å². The molecule has 0 unspecified atom stereocenters. The van der Waals surface area contributed by atoms with Crippen molar-refractivity contribution in [3.63, 3.8) is 0 Å². The monoisotopic (exact) mass is 346 g/mol. The molecule has 3 atom stereocenters. The van der Waals surface area contributed by atoms with Gasteiger partial charge < -0.3 is 4.74 Å². The fourth-order valence-corrected chi connectivity index (χ4v) is 5.43. The van der Waals surface area contributed by atoms with Crippen LogP contribution in [0.2, 0.25) is 0 Å². The van der Waals surface area contributed by atoms with Gasteiger partial charge in [-0.25, -0.2) is 8.42 Å². The number of hydrogen-bond acceptors (Lipinski definition) is 3. The van der Waals surface area contributed by atoms with E-state index < -0.39 is 9.84 Å². The van der Waals surface area contributed by atoms with Crippen LogP contribution in [-0.4, -0.2) is 14.5 Å². The summed E-state index contributed by atoms with van der Waals surface area (Å²) < 4.78 is 32.4. The molecule has 3 nitrogen and oxygen atoms in total. The minimum atomic E-state index is -3.52. The van der Waals surface area contributed by atoms with Gasteiger partial charge in [0, 0.05) is 5.92 Å². The van der Waals surface area contributed by atoms with E-state index in [1.807, 2.05) is 6.07 Å². The summed E-state index contributed by atoms with van der Waals surface area (Å²) in [6.45, 7) is 10.4. The highest BCUT2D eigenvalue weighted by atomic mass is 32.2. The highest BCUT2D eigenvalue weighted by molar-refractivity contribution is 7.95. The lowest BCUT2D eigenvalue weighted by Gasteiger charge is -2.37. The van der Waals surface area contributed by atoms with E-state index >= 15 is 0 Å². The lowest BCUT2D eigenvalue weighted by atomic mass is 9.70. The van der Waals surface area contributed by atoms with Crippen LogP contribution in [0.4, 0.5) is 0 Å². The second-order valence-electron chi connectivity index (χ2n) is 7.93. The van der Waals surface area contributed by atoms with E-state index in [2.05, 4.69) is 27.4 Å². The second-order valence-corrected chi connectivity index (χ2v) is 9.90. The second kappa shape index (κ2) is 6.07. The fourth-order valence-electron chi connectivity index (χ4n) is 3.73. The Balaban J connectivity index is 2.09. The Morgan fingerprint density at radius 3 is 2.42 bits per heavy atom. The summed E-state index contributed by atoms with van der Waals surface area (Å²) in [5.41, 5.74) is 0.0647. The summed E-state index contributed by atoms with van der Waals surface area (Å²) in [7, 11) is -3.52. The number of rotatable bonds is 3. The Morgan fingerprint density at radius 1 is 1.17 bits per heavy atom. The predicted molar refractivity (Wildman–Crippen MR) is 96.0 cm³/mol. The van der Waals surface area contributed by atoms with Crippen molar-refractivity contribution in [3.8, 4) is 0 Å². The van der Waals surface area contributed by atoms with Gasteiger partial charge in [0.25, 0.3) is 0 Å². The van der Waals surface area contributed by atoms with Gasteiger partial charge in [0.1, 0.15) is 11.9 Å². The first-order valence-corrected chi connectivity index (χ1v) is 10.0. The first kappa shape index (κ1) is 17.3. The maximum atomic E-state index is 13.2. The third-order valence-corrected chi connectivity index (χ3v) is 7.22. The highest BCUT2D eigenvalue weighted by Crippen LogP contribution is 2.50. The summed E-state index contributed by atoms with van der Waals surface area (Å²) in [6.07, 6.45) is 4.07. The largest absolute Gasteiger partial charge is 0.489 e. The van der Waals surface area contributed by atoms with Crippen LogP contribution in [0.3, 0.4) is 0 Å². The van der Waals surface area contributed by atoms with Crippen molar-refractivity contribution < 1.29 is 13.2 Å². The molecule has 130 valence electrons. The molecule has 1 aromatic carbocycles. The molecule has 1 fully saturated rings. The van der Waals surface area contributed by atoms with Crippen LogP contribution in [0, 0.1) is 17.3 Å². The van der Waals surface area contributed by atoms with Crippen molar-refractivity contribution in [2.75, 3.05) is 0 Å². The molecule has 0 spiro atoms. The Bertz CT molecular complexity index is 754. The molecule has 0 saturated carbocycles. The van der Waals surface area contributed by atoms with Crippen molar-refractivity contribution in [2.45, 2.75) is 51.0 Å². The molecule has 0 N–H and O–H groups in total. The number of allylic oxidation sites excluding steroid dienone is 2. The number of ether oxygens (including phenoxy) is 1. The Hall–Kier alpha value is -1.55. The zero-order valence-corrected chi connectivity index (χ0v) is 15.5. The van der Waals surface area contributed by atoms with E-state index in [4.69, 9.17) is 4.74 Å². The third kappa shape index (κ3) is 3.04. The summed E-state index contributed by atoms with van der Waals surface area (Å²) >= 11 is 0. The zero-order valence-electron chi connectivity index (χ0n) is 14.7. The van der Waals surface area contributed by atoms with Gasteiger partial charge in [0.2, 0.25) is 9.84 Å². The molecule has 1 aliphatic carbocycles. The topological polar surface area (TPSA) is 43.4 Å².